The Morgan fingerprint density at radius 3 is 2.41 bits per heavy atom. The zero-order valence-electron chi connectivity index (χ0n) is 15.1. The van der Waals surface area contributed by atoms with Crippen molar-refractivity contribution < 1.29 is 19.1 Å². The lowest BCUT2D eigenvalue weighted by Gasteiger charge is -2.13. The predicted molar refractivity (Wildman–Crippen MR) is 109 cm³/mol. The third kappa shape index (κ3) is 3.86. The number of carbonyl (C=O) groups excluding carboxylic acids is 3. The summed E-state index contributed by atoms with van der Waals surface area (Å²) in [5, 5.41) is 5.56. The van der Waals surface area contributed by atoms with E-state index >= 15 is 0 Å². The van der Waals surface area contributed by atoms with Crippen LogP contribution in [0.3, 0.4) is 0 Å². The molecule has 1 aromatic heterocycles. The van der Waals surface area contributed by atoms with Crippen LogP contribution in [-0.4, -0.2) is 29.0 Å². The molecule has 1 saturated heterocycles. The SMILES string of the molecule is O=C1NC(=O)C(=Cc2cn(CCOc3ccccc3Cl)c3ccccc23)C(=O)N1. The highest BCUT2D eigenvalue weighted by atomic mass is 35.5. The summed E-state index contributed by atoms with van der Waals surface area (Å²) in [7, 11) is 0. The molecule has 4 rings (SSSR count). The Labute approximate surface area is 170 Å². The standard InChI is InChI=1S/C21H16ClN3O4/c22-16-6-2-4-8-18(16)29-10-9-25-12-13(14-5-1-3-7-17(14)25)11-15-19(26)23-21(28)24-20(15)27/h1-8,11-12H,9-10H2,(H2,23,24,26,27,28). The molecule has 7 nitrogen and oxygen atoms in total. The molecule has 1 aliphatic rings. The van der Waals surface area contributed by atoms with Crippen LogP contribution in [0, 0.1) is 0 Å². The Morgan fingerprint density at radius 2 is 1.66 bits per heavy atom. The Balaban J connectivity index is 1.61. The van der Waals surface area contributed by atoms with Gasteiger partial charge in [-0.15, -0.1) is 0 Å². The molecule has 2 aromatic carbocycles. The van der Waals surface area contributed by atoms with Gasteiger partial charge in [-0.05, 0) is 24.3 Å². The van der Waals surface area contributed by atoms with Gasteiger partial charge in [0.25, 0.3) is 11.8 Å². The van der Waals surface area contributed by atoms with Crippen molar-refractivity contribution in [1.82, 2.24) is 15.2 Å². The first-order valence-corrected chi connectivity index (χ1v) is 9.24. The zero-order valence-corrected chi connectivity index (χ0v) is 15.9. The van der Waals surface area contributed by atoms with Gasteiger partial charge in [0.15, 0.2) is 0 Å². The van der Waals surface area contributed by atoms with E-state index in [-0.39, 0.29) is 5.57 Å². The Bertz CT molecular complexity index is 1140. The van der Waals surface area contributed by atoms with Gasteiger partial charge in [0.05, 0.1) is 11.6 Å². The first-order chi connectivity index (χ1) is 14.0. The monoisotopic (exact) mass is 409 g/mol. The number of fused-ring (bicyclic) bond motifs is 1. The number of amides is 4. The van der Waals surface area contributed by atoms with Gasteiger partial charge in [0.1, 0.15) is 17.9 Å². The number of benzene rings is 2. The zero-order chi connectivity index (χ0) is 20.4. The average Bonchev–Trinajstić information content (AvgIpc) is 3.04. The van der Waals surface area contributed by atoms with Crippen molar-refractivity contribution in [2.24, 2.45) is 0 Å². The first-order valence-electron chi connectivity index (χ1n) is 8.86. The lowest BCUT2D eigenvalue weighted by molar-refractivity contribution is -0.123. The van der Waals surface area contributed by atoms with Gasteiger partial charge < -0.3 is 9.30 Å². The van der Waals surface area contributed by atoms with E-state index in [1.807, 2.05) is 47.2 Å². The maximum absolute atomic E-state index is 12.0. The number of urea groups is 1. The first kappa shape index (κ1) is 18.8. The minimum atomic E-state index is -0.823. The summed E-state index contributed by atoms with van der Waals surface area (Å²) >= 11 is 6.11. The Hall–Kier alpha value is -3.58. The Kier molecular flexibility index (Phi) is 5.05. The van der Waals surface area contributed by atoms with Gasteiger partial charge in [0.2, 0.25) is 0 Å². The molecule has 0 unspecified atom stereocenters. The van der Waals surface area contributed by atoms with Crippen LogP contribution in [0.4, 0.5) is 4.79 Å². The molecule has 0 spiro atoms. The second kappa shape index (κ2) is 7.81. The summed E-state index contributed by atoms with van der Waals surface area (Å²) in [6.07, 6.45) is 3.31. The van der Waals surface area contributed by atoms with Crippen LogP contribution < -0.4 is 15.4 Å². The van der Waals surface area contributed by atoms with Crippen LogP contribution in [0.15, 0.2) is 60.3 Å². The number of carbonyl (C=O) groups is 3. The average molecular weight is 410 g/mol. The minimum absolute atomic E-state index is 0.125. The second-order valence-corrected chi connectivity index (χ2v) is 6.78. The maximum atomic E-state index is 12.0. The molecular formula is C21H16ClN3O4. The topological polar surface area (TPSA) is 89.4 Å². The number of hydrogen-bond acceptors (Lipinski definition) is 4. The van der Waals surface area contributed by atoms with E-state index in [1.165, 1.54) is 6.08 Å². The molecule has 1 aliphatic heterocycles. The fourth-order valence-electron chi connectivity index (χ4n) is 3.15. The summed E-state index contributed by atoms with van der Waals surface area (Å²) in [4.78, 5) is 35.3. The van der Waals surface area contributed by atoms with Gasteiger partial charge in [-0.3, -0.25) is 20.2 Å². The number of hydrogen-bond donors (Lipinski definition) is 2. The van der Waals surface area contributed by atoms with Crippen LogP contribution in [0.2, 0.25) is 5.02 Å². The molecule has 1 fully saturated rings. The van der Waals surface area contributed by atoms with Gasteiger partial charge in [-0.1, -0.05) is 41.9 Å². The van der Waals surface area contributed by atoms with Gasteiger partial charge in [0, 0.05) is 22.7 Å². The molecule has 8 heteroatoms. The van der Waals surface area contributed by atoms with Crippen LogP contribution in [0.5, 0.6) is 5.75 Å². The van der Waals surface area contributed by atoms with E-state index in [2.05, 4.69) is 10.6 Å². The van der Waals surface area contributed by atoms with Crippen LogP contribution >= 0.6 is 11.6 Å². The molecule has 3 aromatic rings. The lowest BCUT2D eigenvalue weighted by atomic mass is 10.1. The quantitative estimate of drug-likeness (QED) is 0.500. The fraction of sp³-hybridized carbons (Fsp3) is 0.0952. The van der Waals surface area contributed by atoms with E-state index in [1.54, 1.807) is 12.1 Å². The van der Waals surface area contributed by atoms with Crippen LogP contribution in [-0.2, 0) is 16.1 Å². The van der Waals surface area contributed by atoms with Gasteiger partial charge in [-0.25, -0.2) is 4.79 Å². The molecule has 2 N–H and O–H groups in total. The number of nitrogens with zero attached hydrogens (tertiary/aromatic N) is 1. The van der Waals surface area contributed by atoms with Crippen molar-refractivity contribution in [1.29, 1.82) is 0 Å². The van der Waals surface area contributed by atoms with Gasteiger partial charge in [-0.2, -0.15) is 0 Å². The molecule has 146 valence electrons. The number of rotatable bonds is 5. The predicted octanol–water partition coefficient (Wildman–Crippen LogP) is 3.12. The molecule has 4 amide bonds. The number of nitrogens with one attached hydrogen (secondary N) is 2. The largest absolute Gasteiger partial charge is 0.490 e. The summed E-state index contributed by atoms with van der Waals surface area (Å²) in [6, 6.07) is 14.0. The number of para-hydroxylation sites is 2. The molecule has 0 radical (unpaired) electrons. The molecule has 0 atom stereocenters. The number of imide groups is 2. The van der Waals surface area contributed by atoms with Crippen molar-refractivity contribution in [3.63, 3.8) is 0 Å². The molecular weight excluding hydrogens is 394 g/mol. The molecule has 0 aliphatic carbocycles. The summed E-state index contributed by atoms with van der Waals surface area (Å²) < 4.78 is 7.74. The maximum Gasteiger partial charge on any atom is 0.328 e. The van der Waals surface area contributed by atoms with Crippen molar-refractivity contribution in [3.05, 3.63) is 70.9 Å². The summed E-state index contributed by atoms with van der Waals surface area (Å²) in [5.74, 6) is -0.844. The van der Waals surface area contributed by atoms with Crippen molar-refractivity contribution in [2.45, 2.75) is 6.54 Å². The van der Waals surface area contributed by atoms with Crippen molar-refractivity contribution in [3.8, 4) is 5.75 Å². The van der Waals surface area contributed by atoms with E-state index in [0.29, 0.717) is 29.5 Å². The summed E-state index contributed by atoms with van der Waals surface area (Å²) in [5.41, 5.74) is 1.49. The highest BCUT2D eigenvalue weighted by Gasteiger charge is 2.28. The minimum Gasteiger partial charge on any atom is -0.490 e. The van der Waals surface area contributed by atoms with Gasteiger partial charge >= 0.3 is 6.03 Å². The van der Waals surface area contributed by atoms with Crippen molar-refractivity contribution in [2.75, 3.05) is 6.61 Å². The van der Waals surface area contributed by atoms with E-state index in [0.717, 1.165) is 10.9 Å². The van der Waals surface area contributed by atoms with Crippen LogP contribution in [0.1, 0.15) is 5.56 Å². The van der Waals surface area contributed by atoms with E-state index in [4.69, 9.17) is 16.3 Å². The Morgan fingerprint density at radius 1 is 0.966 bits per heavy atom. The smallest absolute Gasteiger partial charge is 0.328 e. The lowest BCUT2D eigenvalue weighted by Crippen LogP contribution is -2.51. The van der Waals surface area contributed by atoms with Crippen molar-refractivity contribution >= 4 is 46.4 Å². The number of barbiturate groups is 1. The van der Waals surface area contributed by atoms with E-state index in [9.17, 15) is 14.4 Å². The fourth-order valence-corrected chi connectivity index (χ4v) is 3.34. The second-order valence-electron chi connectivity index (χ2n) is 6.37. The third-order valence-electron chi connectivity index (χ3n) is 4.49. The molecule has 0 bridgehead atoms. The number of halogens is 1. The highest BCUT2D eigenvalue weighted by Crippen LogP contribution is 2.25. The van der Waals surface area contributed by atoms with Crippen LogP contribution in [0.25, 0.3) is 17.0 Å². The molecule has 0 saturated carbocycles. The van der Waals surface area contributed by atoms with E-state index < -0.39 is 17.8 Å². The third-order valence-corrected chi connectivity index (χ3v) is 4.80. The highest BCUT2D eigenvalue weighted by molar-refractivity contribution is 6.32. The number of ether oxygens (including phenoxy) is 1. The molecule has 29 heavy (non-hydrogen) atoms. The number of aromatic nitrogens is 1. The molecule has 2 heterocycles. The summed E-state index contributed by atoms with van der Waals surface area (Å²) in [6.45, 7) is 0.916. The normalized spacial score (nSPS) is 14.0.